The molecule has 0 bridgehead atoms. The van der Waals surface area contributed by atoms with Crippen molar-refractivity contribution in [2.75, 3.05) is 0 Å². The van der Waals surface area contributed by atoms with Crippen LogP contribution in [0, 0.1) is 5.92 Å². The van der Waals surface area contributed by atoms with Gasteiger partial charge < -0.3 is 5.11 Å². The van der Waals surface area contributed by atoms with Gasteiger partial charge in [0.25, 0.3) is 0 Å². The summed E-state index contributed by atoms with van der Waals surface area (Å²) in [5, 5.41) is 29.0. The van der Waals surface area contributed by atoms with Gasteiger partial charge in [0.05, 0.1) is 12.2 Å². The normalized spacial score (nSPS) is 11.9. The molecule has 3 aromatic heterocycles. The van der Waals surface area contributed by atoms with Gasteiger partial charge in [-0.2, -0.15) is 10.3 Å². The monoisotopic (exact) mass is 583 g/mol. The number of tetrazole rings is 1. The number of carbonyl (C=O) groups excluding carboxylic acids is 1. The molecule has 1 unspecified atom stereocenters. The Hall–Kier alpha value is -4.70. The molecule has 214 valence electrons. The maximum atomic E-state index is 13.3. The zero-order valence-electron chi connectivity index (χ0n) is 23.1. The Balaban J connectivity index is 1.33. The number of carbonyl (C=O) groups is 2. The number of H-pyrrole nitrogens is 1. The molecule has 1 atom stereocenters. The van der Waals surface area contributed by atoms with Gasteiger partial charge in [0.2, 0.25) is 5.82 Å². The van der Waals surface area contributed by atoms with Crippen LogP contribution in [0.5, 0.6) is 0 Å². The number of rotatable bonds is 13. The highest BCUT2D eigenvalue weighted by molar-refractivity contribution is 6.31. The third-order valence-corrected chi connectivity index (χ3v) is 7.37. The van der Waals surface area contributed by atoms with Crippen LogP contribution < -0.4 is 0 Å². The molecule has 0 spiro atoms. The molecule has 0 aliphatic heterocycles. The highest BCUT2D eigenvalue weighted by Crippen LogP contribution is 2.28. The number of aromatic amines is 1. The quantitative estimate of drug-likeness (QED) is 0.169. The first-order valence-electron chi connectivity index (χ1n) is 13.7. The van der Waals surface area contributed by atoms with Gasteiger partial charge in [-0.25, -0.2) is 0 Å². The van der Waals surface area contributed by atoms with Gasteiger partial charge in [-0.05, 0) is 53.3 Å². The van der Waals surface area contributed by atoms with E-state index in [1.54, 1.807) is 12.3 Å². The van der Waals surface area contributed by atoms with Gasteiger partial charge in [0.1, 0.15) is 5.69 Å². The number of benzene rings is 2. The minimum Gasteiger partial charge on any atom is -0.481 e. The molecule has 0 aliphatic carbocycles. The molecule has 0 saturated heterocycles. The van der Waals surface area contributed by atoms with Gasteiger partial charge in [-0.15, -0.1) is 10.2 Å². The molecular weight excluding hydrogens is 554 g/mol. The van der Waals surface area contributed by atoms with Crippen molar-refractivity contribution < 1.29 is 14.7 Å². The van der Waals surface area contributed by atoms with Crippen molar-refractivity contribution in [2.24, 2.45) is 5.92 Å². The van der Waals surface area contributed by atoms with Crippen LogP contribution in [0.1, 0.15) is 53.5 Å². The number of halogens is 1. The zero-order valence-corrected chi connectivity index (χ0v) is 23.8. The Morgan fingerprint density at radius 2 is 1.81 bits per heavy atom. The third kappa shape index (κ3) is 6.95. The molecular formula is C31H30ClN7O3. The average molecular weight is 584 g/mol. The number of hydrogen-bond acceptors (Lipinski definition) is 7. The molecule has 42 heavy (non-hydrogen) atoms. The van der Waals surface area contributed by atoms with Crippen LogP contribution in [-0.2, 0) is 24.2 Å². The number of pyridine rings is 1. The SMILES string of the molecule is CCCc1cc(C(=O)CC(CC(=O)O)Cc2ccccc2Cl)nn1Cc1ccc(-c2ccccc2-c2nn[nH]n2)nc1. The van der Waals surface area contributed by atoms with E-state index in [2.05, 4.69) is 37.6 Å². The molecule has 10 nitrogen and oxygen atoms in total. The van der Waals surface area contributed by atoms with Gasteiger partial charge in [0, 0.05) is 40.9 Å². The van der Waals surface area contributed by atoms with E-state index in [9.17, 15) is 14.7 Å². The van der Waals surface area contributed by atoms with Crippen LogP contribution >= 0.6 is 11.6 Å². The largest absolute Gasteiger partial charge is 0.481 e. The van der Waals surface area contributed by atoms with Gasteiger partial charge in [-0.1, -0.05) is 73.5 Å². The van der Waals surface area contributed by atoms with E-state index in [0.717, 1.165) is 46.5 Å². The molecule has 5 aromatic rings. The van der Waals surface area contributed by atoms with Crippen LogP contribution in [0.15, 0.2) is 72.9 Å². The summed E-state index contributed by atoms with van der Waals surface area (Å²) in [5.41, 5.74) is 5.51. The lowest BCUT2D eigenvalue weighted by Crippen LogP contribution is -2.16. The fourth-order valence-electron chi connectivity index (χ4n) is 5.02. The summed E-state index contributed by atoms with van der Waals surface area (Å²) in [4.78, 5) is 29.6. The Morgan fingerprint density at radius 3 is 2.50 bits per heavy atom. The van der Waals surface area contributed by atoms with E-state index >= 15 is 0 Å². The van der Waals surface area contributed by atoms with Gasteiger partial charge in [0.15, 0.2) is 5.78 Å². The second-order valence-electron chi connectivity index (χ2n) is 10.1. The minimum atomic E-state index is -0.951. The minimum absolute atomic E-state index is 0.0656. The van der Waals surface area contributed by atoms with E-state index in [1.165, 1.54) is 0 Å². The molecule has 11 heteroatoms. The smallest absolute Gasteiger partial charge is 0.303 e. The second kappa shape index (κ2) is 13.3. The number of aromatic nitrogens is 7. The molecule has 0 aliphatic rings. The molecule has 5 rings (SSSR count). The lowest BCUT2D eigenvalue weighted by atomic mass is 9.90. The number of nitrogens with one attached hydrogen (secondary N) is 1. The van der Waals surface area contributed by atoms with Crippen LogP contribution in [0.4, 0.5) is 0 Å². The summed E-state index contributed by atoms with van der Waals surface area (Å²) >= 11 is 6.31. The van der Waals surface area contributed by atoms with Crippen LogP contribution in [0.3, 0.4) is 0 Å². The number of hydrogen-bond donors (Lipinski definition) is 2. The summed E-state index contributed by atoms with van der Waals surface area (Å²) in [6.07, 6.45) is 3.77. The second-order valence-corrected chi connectivity index (χ2v) is 10.6. The van der Waals surface area contributed by atoms with Crippen LogP contribution in [0.25, 0.3) is 22.6 Å². The Morgan fingerprint density at radius 1 is 1.02 bits per heavy atom. The topological polar surface area (TPSA) is 140 Å². The van der Waals surface area contributed by atoms with Gasteiger partial charge in [-0.3, -0.25) is 19.3 Å². The molecule has 0 amide bonds. The van der Waals surface area contributed by atoms with E-state index < -0.39 is 11.9 Å². The predicted octanol–water partition coefficient (Wildman–Crippen LogP) is 5.69. The summed E-state index contributed by atoms with van der Waals surface area (Å²) < 4.78 is 1.83. The maximum Gasteiger partial charge on any atom is 0.303 e. The number of carboxylic acid groups (broad SMARTS) is 1. The van der Waals surface area contributed by atoms with Crippen molar-refractivity contribution in [3.8, 4) is 22.6 Å². The fourth-order valence-corrected chi connectivity index (χ4v) is 5.23. The number of ketones is 1. The van der Waals surface area contributed by atoms with Crippen molar-refractivity contribution >= 4 is 23.4 Å². The van der Waals surface area contributed by atoms with Crippen molar-refractivity contribution in [2.45, 2.75) is 45.6 Å². The summed E-state index contributed by atoms with van der Waals surface area (Å²) in [6.45, 7) is 2.52. The van der Waals surface area contributed by atoms with Crippen molar-refractivity contribution in [1.29, 1.82) is 0 Å². The first-order valence-corrected chi connectivity index (χ1v) is 14.1. The van der Waals surface area contributed by atoms with E-state index in [1.807, 2.05) is 65.3 Å². The first kappa shape index (κ1) is 28.8. The fraction of sp³-hybridized carbons (Fsp3) is 0.258. The lowest BCUT2D eigenvalue weighted by molar-refractivity contribution is -0.138. The van der Waals surface area contributed by atoms with Crippen LogP contribution in [-0.4, -0.2) is 52.2 Å². The predicted molar refractivity (Wildman–Crippen MR) is 158 cm³/mol. The Kier molecular flexibility index (Phi) is 9.13. The molecule has 0 radical (unpaired) electrons. The van der Waals surface area contributed by atoms with Crippen molar-refractivity contribution in [1.82, 2.24) is 35.4 Å². The van der Waals surface area contributed by atoms with E-state index in [-0.39, 0.29) is 18.6 Å². The number of aryl methyl sites for hydroxylation is 1. The van der Waals surface area contributed by atoms with E-state index in [0.29, 0.717) is 29.5 Å². The lowest BCUT2D eigenvalue weighted by Gasteiger charge is -2.14. The molecule has 0 saturated carbocycles. The third-order valence-electron chi connectivity index (χ3n) is 7.01. The first-order chi connectivity index (χ1) is 20.4. The molecule has 0 fully saturated rings. The highest BCUT2D eigenvalue weighted by Gasteiger charge is 2.23. The number of carboxylic acids is 1. The molecule has 3 heterocycles. The Labute approximate surface area is 247 Å². The van der Waals surface area contributed by atoms with E-state index in [4.69, 9.17) is 11.6 Å². The number of nitrogens with zero attached hydrogens (tertiary/aromatic N) is 6. The molecule has 2 aromatic carbocycles. The Bertz CT molecular complexity index is 1670. The number of Topliss-reactive ketones (excluding diaryl/α,β-unsaturated/α-hetero) is 1. The van der Waals surface area contributed by atoms with Crippen LogP contribution in [0.2, 0.25) is 5.02 Å². The van der Waals surface area contributed by atoms with Gasteiger partial charge >= 0.3 is 5.97 Å². The summed E-state index contributed by atoms with van der Waals surface area (Å²) in [7, 11) is 0. The highest BCUT2D eigenvalue weighted by atomic mass is 35.5. The number of aliphatic carboxylic acids is 1. The van der Waals surface area contributed by atoms with Crippen molar-refractivity contribution in [3.05, 3.63) is 100 Å². The zero-order chi connectivity index (χ0) is 29.5. The summed E-state index contributed by atoms with van der Waals surface area (Å²) in [5.74, 6) is -1.04. The van der Waals surface area contributed by atoms with Crippen molar-refractivity contribution in [3.63, 3.8) is 0 Å². The average Bonchev–Trinajstić information content (AvgIpc) is 3.66. The summed E-state index contributed by atoms with van der Waals surface area (Å²) in [6, 6.07) is 20.8. The maximum absolute atomic E-state index is 13.3. The standard InChI is InChI=1S/C31H30ClN7O3/c1-2-7-23-17-28(29(40)15-21(16-30(41)42)14-22-8-3-6-11-26(22)32)36-39(23)19-20-12-13-27(33-18-20)24-9-4-5-10-25(24)31-34-37-38-35-31/h3-6,8-13,17-18,21H,2,7,14-16,19H2,1H3,(H,41,42)(H,34,35,37,38). The molecule has 2 N–H and O–H groups in total.